The molecule has 1 aromatic heterocycles. The van der Waals surface area contributed by atoms with E-state index in [-0.39, 0.29) is 11.9 Å². The zero-order valence-electron chi connectivity index (χ0n) is 17.3. The number of amides is 1. The van der Waals surface area contributed by atoms with E-state index < -0.39 is 0 Å². The lowest BCUT2D eigenvalue weighted by atomic mass is 10.00. The van der Waals surface area contributed by atoms with Crippen molar-refractivity contribution in [2.45, 2.75) is 19.4 Å². The summed E-state index contributed by atoms with van der Waals surface area (Å²) in [6.07, 6.45) is 0.719. The van der Waals surface area contributed by atoms with Crippen molar-refractivity contribution in [3.8, 4) is 28.7 Å². The van der Waals surface area contributed by atoms with Gasteiger partial charge in [0.1, 0.15) is 5.75 Å². The zero-order valence-corrected chi connectivity index (χ0v) is 18.9. The highest BCUT2D eigenvalue weighted by molar-refractivity contribution is 9.10. The normalized spacial score (nSPS) is 15.0. The highest BCUT2D eigenvalue weighted by atomic mass is 79.9. The van der Waals surface area contributed by atoms with Crippen molar-refractivity contribution in [3.63, 3.8) is 0 Å². The smallest absolute Gasteiger partial charge is 0.251 e. The van der Waals surface area contributed by atoms with E-state index in [4.69, 9.17) is 9.15 Å². The number of halogens is 1. The van der Waals surface area contributed by atoms with Crippen LogP contribution in [0.1, 0.15) is 33.9 Å². The van der Waals surface area contributed by atoms with Crippen LogP contribution in [0.15, 0.2) is 75.6 Å². The third kappa shape index (κ3) is 4.03. The lowest BCUT2D eigenvalue weighted by molar-refractivity contribution is 0.0925. The van der Waals surface area contributed by atoms with Gasteiger partial charge >= 0.3 is 0 Å². The van der Waals surface area contributed by atoms with Gasteiger partial charge in [0, 0.05) is 33.1 Å². The summed E-state index contributed by atoms with van der Waals surface area (Å²) in [5.41, 5.74) is 4.27. The fraction of sp³-hybridized carbons (Fsp3) is 0.160. The third-order valence-corrected chi connectivity index (χ3v) is 6.00. The zero-order chi connectivity index (χ0) is 22.1. The van der Waals surface area contributed by atoms with E-state index in [1.165, 1.54) is 0 Å². The summed E-state index contributed by atoms with van der Waals surface area (Å²) in [7, 11) is 0. The van der Waals surface area contributed by atoms with Crippen molar-refractivity contribution in [2.24, 2.45) is 0 Å². The lowest BCUT2D eigenvalue weighted by Crippen LogP contribution is -2.32. The minimum atomic E-state index is -0.138. The van der Waals surface area contributed by atoms with Crippen molar-refractivity contribution >= 4 is 21.8 Å². The number of aryl methyl sites for hydroxylation is 1. The second kappa shape index (κ2) is 8.59. The number of carbonyl (C=O) groups is 1. The summed E-state index contributed by atoms with van der Waals surface area (Å²) in [6, 6.07) is 20.8. The highest BCUT2D eigenvalue weighted by Crippen LogP contribution is 2.34. The van der Waals surface area contributed by atoms with Crippen LogP contribution in [0.2, 0.25) is 0 Å². The van der Waals surface area contributed by atoms with Crippen LogP contribution in [0.5, 0.6) is 5.75 Å². The van der Waals surface area contributed by atoms with Gasteiger partial charge in [0.2, 0.25) is 11.8 Å². The van der Waals surface area contributed by atoms with Crippen LogP contribution in [-0.4, -0.2) is 22.7 Å². The first-order valence-corrected chi connectivity index (χ1v) is 11.1. The Morgan fingerprint density at radius 3 is 2.62 bits per heavy atom. The minimum Gasteiger partial charge on any atom is -0.493 e. The predicted molar refractivity (Wildman–Crippen MR) is 124 cm³/mol. The molecule has 0 radical (unpaired) electrons. The van der Waals surface area contributed by atoms with Crippen LogP contribution in [-0.2, 0) is 0 Å². The number of fused-ring (bicyclic) bond motifs is 1. The Morgan fingerprint density at radius 2 is 1.81 bits per heavy atom. The van der Waals surface area contributed by atoms with E-state index in [0.29, 0.717) is 24.0 Å². The van der Waals surface area contributed by atoms with Crippen molar-refractivity contribution in [3.05, 3.63) is 87.9 Å². The fourth-order valence-electron chi connectivity index (χ4n) is 3.78. The first-order valence-electron chi connectivity index (χ1n) is 10.3. The molecule has 0 fully saturated rings. The molecule has 1 atom stereocenters. The molecule has 0 spiro atoms. The molecule has 1 amide bonds. The first-order chi connectivity index (χ1) is 15.6. The maximum Gasteiger partial charge on any atom is 0.251 e. The molecule has 2 heterocycles. The number of nitrogens with zero attached hydrogens (tertiary/aromatic N) is 2. The topological polar surface area (TPSA) is 77.2 Å². The summed E-state index contributed by atoms with van der Waals surface area (Å²) >= 11 is 3.49. The SMILES string of the molecule is Cc1ccccc1-c1nnc(-c2ccc(C(=O)NC3CCOc4ccc(Br)cc43)cc2)o1. The van der Waals surface area contributed by atoms with Crippen LogP contribution >= 0.6 is 15.9 Å². The number of aromatic nitrogens is 2. The molecule has 160 valence electrons. The lowest BCUT2D eigenvalue weighted by Gasteiger charge is -2.27. The van der Waals surface area contributed by atoms with Gasteiger partial charge < -0.3 is 14.5 Å². The van der Waals surface area contributed by atoms with Gasteiger partial charge in [0.05, 0.1) is 12.6 Å². The second-order valence-corrected chi connectivity index (χ2v) is 8.57. The largest absolute Gasteiger partial charge is 0.493 e. The van der Waals surface area contributed by atoms with Crippen molar-refractivity contribution in [1.82, 2.24) is 15.5 Å². The molecule has 0 saturated carbocycles. The van der Waals surface area contributed by atoms with Gasteiger partial charge in [-0.25, -0.2) is 0 Å². The van der Waals surface area contributed by atoms with Gasteiger partial charge in [0.15, 0.2) is 0 Å². The molecule has 32 heavy (non-hydrogen) atoms. The third-order valence-electron chi connectivity index (χ3n) is 5.51. The Balaban J connectivity index is 1.32. The quantitative estimate of drug-likeness (QED) is 0.396. The van der Waals surface area contributed by atoms with Gasteiger partial charge in [-0.2, -0.15) is 0 Å². The van der Waals surface area contributed by atoms with Crippen LogP contribution in [0.3, 0.4) is 0 Å². The van der Waals surface area contributed by atoms with E-state index in [2.05, 4.69) is 31.4 Å². The summed E-state index contributed by atoms with van der Waals surface area (Å²) in [5.74, 6) is 1.56. The summed E-state index contributed by atoms with van der Waals surface area (Å²) in [6.45, 7) is 2.57. The maximum absolute atomic E-state index is 12.9. The van der Waals surface area contributed by atoms with Gasteiger partial charge in [-0.3, -0.25) is 4.79 Å². The summed E-state index contributed by atoms with van der Waals surface area (Å²) in [5, 5.41) is 11.5. The fourth-order valence-corrected chi connectivity index (χ4v) is 4.16. The monoisotopic (exact) mass is 489 g/mol. The average Bonchev–Trinajstić information content (AvgIpc) is 3.30. The molecule has 0 bridgehead atoms. The number of rotatable bonds is 4. The second-order valence-electron chi connectivity index (χ2n) is 7.65. The number of benzene rings is 3. The molecule has 0 saturated heterocycles. The molecule has 4 aromatic rings. The highest BCUT2D eigenvalue weighted by Gasteiger charge is 2.24. The van der Waals surface area contributed by atoms with Gasteiger partial charge in [-0.15, -0.1) is 10.2 Å². The van der Waals surface area contributed by atoms with Crippen LogP contribution in [0, 0.1) is 6.92 Å². The standard InChI is InChI=1S/C25H20BrN3O3/c1-15-4-2-3-5-19(15)25-29-28-24(32-25)17-8-6-16(7-9-17)23(30)27-21-12-13-31-22-11-10-18(26)14-20(21)22/h2-11,14,21H,12-13H2,1H3,(H,27,30). The number of hydrogen-bond donors (Lipinski definition) is 1. The summed E-state index contributed by atoms with van der Waals surface area (Å²) < 4.78 is 12.5. The maximum atomic E-state index is 12.9. The van der Waals surface area contributed by atoms with E-state index in [9.17, 15) is 4.79 Å². The number of ether oxygens (including phenoxy) is 1. The predicted octanol–water partition coefficient (Wildman–Crippen LogP) is 5.73. The van der Waals surface area contributed by atoms with Crippen molar-refractivity contribution in [1.29, 1.82) is 0 Å². The molecule has 0 aliphatic carbocycles. The molecular formula is C25H20BrN3O3. The molecule has 1 unspecified atom stereocenters. The van der Waals surface area contributed by atoms with Crippen LogP contribution in [0.4, 0.5) is 0 Å². The number of carbonyl (C=O) groups excluding carboxylic acids is 1. The van der Waals surface area contributed by atoms with Crippen LogP contribution in [0.25, 0.3) is 22.9 Å². The molecule has 1 aliphatic heterocycles. The van der Waals surface area contributed by atoms with Gasteiger partial charge in [-0.1, -0.05) is 34.1 Å². The Labute approximate surface area is 193 Å². The molecule has 6 nitrogen and oxygen atoms in total. The summed E-state index contributed by atoms with van der Waals surface area (Å²) in [4.78, 5) is 12.9. The first kappa shape index (κ1) is 20.5. The Kier molecular flexibility index (Phi) is 5.49. The van der Waals surface area contributed by atoms with E-state index in [1.54, 1.807) is 12.1 Å². The molecular weight excluding hydrogens is 470 g/mol. The Bertz CT molecular complexity index is 1280. The van der Waals surface area contributed by atoms with Crippen LogP contribution < -0.4 is 10.1 Å². The number of hydrogen-bond acceptors (Lipinski definition) is 5. The van der Waals surface area contributed by atoms with E-state index >= 15 is 0 Å². The minimum absolute atomic E-state index is 0.101. The van der Waals surface area contributed by atoms with E-state index in [0.717, 1.165) is 38.9 Å². The van der Waals surface area contributed by atoms with E-state index in [1.807, 2.05) is 61.5 Å². The van der Waals surface area contributed by atoms with Gasteiger partial charge in [-0.05, 0) is 61.0 Å². The molecule has 1 N–H and O–H groups in total. The van der Waals surface area contributed by atoms with Crippen molar-refractivity contribution in [2.75, 3.05) is 6.61 Å². The van der Waals surface area contributed by atoms with Crippen molar-refractivity contribution < 1.29 is 13.9 Å². The van der Waals surface area contributed by atoms with Gasteiger partial charge in [0.25, 0.3) is 5.91 Å². The molecule has 3 aromatic carbocycles. The Hall–Kier alpha value is -3.45. The molecule has 7 heteroatoms. The molecule has 1 aliphatic rings. The Morgan fingerprint density at radius 1 is 1.03 bits per heavy atom. The average molecular weight is 490 g/mol. The number of nitrogens with one attached hydrogen (secondary N) is 1. The molecule has 5 rings (SSSR count).